The highest BCUT2D eigenvalue weighted by molar-refractivity contribution is 7.15. The lowest BCUT2D eigenvalue weighted by Gasteiger charge is -2.42. The number of thiazole rings is 1. The van der Waals surface area contributed by atoms with Gasteiger partial charge in [-0.2, -0.15) is 0 Å². The van der Waals surface area contributed by atoms with E-state index in [2.05, 4.69) is 14.8 Å². The molecule has 1 saturated carbocycles. The zero-order valence-electron chi connectivity index (χ0n) is 13.9. The minimum atomic E-state index is -0.175. The number of anilines is 1. The van der Waals surface area contributed by atoms with Gasteiger partial charge in [-0.3, -0.25) is 4.90 Å². The van der Waals surface area contributed by atoms with Crippen LogP contribution in [0.5, 0.6) is 0 Å². The van der Waals surface area contributed by atoms with Gasteiger partial charge in [0, 0.05) is 50.4 Å². The fourth-order valence-corrected chi connectivity index (χ4v) is 5.57. The second-order valence-corrected chi connectivity index (χ2v) is 8.33. The van der Waals surface area contributed by atoms with Crippen molar-refractivity contribution in [2.45, 2.75) is 62.8 Å². The van der Waals surface area contributed by atoms with Crippen LogP contribution >= 0.6 is 11.3 Å². The summed E-state index contributed by atoms with van der Waals surface area (Å²) in [6, 6.07) is 0.341. The highest BCUT2D eigenvalue weighted by Crippen LogP contribution is 2.43. The molecule has 3 fully saturated rings. The van der Waals surface area contributed by atoms with Crippen molar-refractivity contribution in [3.8, 4) is 0 Å². The first kappa shape index (κ1) is 15.8. The van der Waals surface area contributed by atoms with Gasteiger partial charge in [-0.05, 0) is 38.5 Å². The molecular weight excluding hydrogens is 310 g/mol. The van der Waals surface area contributed by atoms with E-state index in [1.54, 1.807) is 0 Å². The maximum Gasteiger partial charge on any atom is 0.185 e. The van der Waals surface area contributed by atoms with Crippen molar-refractivity contribution in [1.82, 2.24) is 9.88 Å². The Hall–Kier alpha value is -0.690. The molecule has 1 aromatic heterocycles. The normalized spacial score (nSPS) is 35.0. The minimum absolute atomic E-state index is 0.0400. The standard InChI is InChI=1S/C17H27N3O2S/c1-22-17-5-4-13(21)10-15(17)20(9-6-17)12-14-11-18-16(23-14)19-7-2-3-8-19/h11,13,15,21H,2-10,12H2,1H3/t13-,15+,17-/m1/s1. The van der Waals surface area contributed by atoms with E-state index in [-0.39, 0.29) is 11.7 Å². The van der Waals surface area contributed by atoms with Gasteiger partial charge in [0.15, 0.2) is 5.13 Å². The third kappa shape index (κ3) is 2.90. The lowest BCUT2D eigenvalue weighted by Crippen LogP contribution is -2.51. The Balaban J connectivity index is 1.46. The van der Waals surface area contributed by atoms with Crippen LogP contribution in [0.25, 0.3) is 0 Å². The number of rotatable bonds is 4. The van der Waals surface area contributed by atoms with Crippen LogP contribution in [-0.2, 0) is 11.3 Å². The van der Waals surface area contributed by atoms with Gasteiger partial charge in [0.25, 0.3) is 0 Å². The molecule has 0 aromatic carbocycles. The van der Waals surface area contributed by atoms with Gasteiger partial charge >= 0.3 is 0 Å². The SMILES string of the molecule is CO[C@@]12CC[C@@H](O)C[C@@H]1N(Cc1cnc(N3CCCC3)s1)CC2. The Morgan fingerprint density at radius 3 is 2.96 bits per heavy atom. The van der Waals surface area contributed by atoms with Gasteiger partial charge in [-0.25, -0.2) is 4.98 Å². The summed E-state index contributed by atoms with van der Waals surface area (Å²) in [5, 5.41) is 11.3. The van der Waals surface area contributed by atoms with Gasteiger partial charge < -0.3 is 14.7 Å². The molecule has 2 saturated heterocycles. The first-order chi connectivity index (χ1) is 11.2. The van der Waals surface area contributed by atoms with E-state index in [0.29, 0.717) is 6.04 Å². The minimum Gasteiger partial charge on any atom is -0.393 e. The Kier molecular flexibility index (Phi) is 4.34. The van der Waals surface area contributed by atoms with Gasteiger partial charge in [-0.1, -0.05) is 0 Å². The number of nitrogens with zero attached hydrogens (tertiary/aromatic N) is 3. The summed E-state index contributed by atoms with van der Waals surface area (Å²) in [4.78, 5) is 10.9. The molecule has 4 rings (SSSR count). The number of aliphatic hydroxyl groups is 1. The van der Waals surface area contributed by atoms with E-state index in [9.17, 15) is 5.11 Å². The predicted molar refractivity (Wildman–Crippen MR) is 92.0 cm³/mol. The van der Waals surface area contributed by atoms with E-state index < -0.39 is 0 Å². The molecule has 3 heterocycles. The topological polar surface area (TPSA) is 48.8 Å². The molecule has 0 amide bonds. The van der Waals surface area contributed by atoms with E-state index in [1.807, 2.05) is 24.6 Å². The average Bonchev–Trinajstić information content (AvgIpc) is 3.28. The van der Waals surface area contributed by atoms with Crippen molar-refractivity contribution in [1.29, 1.82) is 0 Å². The molecule has 2 aliphatic heterocycles. The van der Waals surface area contributed by atoms with E-state index in [0.717, 1.165) is 51.9 Å². The lowest BCUT2D eigenvalue weighted by molar-refractivity contribution is -0.0878. The molecule has 0 unspecified atom stereocenters. The zero-order valence-corrected chi connectivity index (χ0v) is 14.7. The first-order valence-corrected chi connectivity index (χ1v) is 9.69. The van der Waals surface area contributed by atoms with Crippen LogP contribution < -0.4 is 4.90 Å². The summed E-state index contributed by atoms with van der Waals surface area (Å²) >= 11 is 1.83. The molecule has 3 aliphatic rings. The highest BCUT2D eigenvalue weighted by Gasteiger charge is 2.50. The molecule has 5 nitrogen and oxygen atoms in total. The van der Waals surface area contributed by atoms with Gasteiger partial charge in [0.05, 0.1) is 11.7 Å². The Bertz CT molecular complexity index is 546. The van der Waals surface area contributed by atoms with Crippen LogP contribution in [0.15, 0.2) is 6.20 Å². The number of fused-ring (bicyclic) bond motifs is 1. The monoisotopic (exact) mass is 337 g/mol. The summed E-state index contributed by atoms with van der Waals surface area (Å²) in [5.74, 6) is 0. The van der Waals surface area contributed by atoms with Crippen LogP contribution in [-0.4, -0.2) is 59.5 Å². The number of likely N-dealkylation sites (tertiary alicyclic amines) is 1. The molecule has 0 radical (unpaired) electrons. The predicted octanol–water partition coefficient (Wildman–Crippen LogP) is 2.25. The Morgan fingerprint density at radius 1 is 1.35 bits per heavy atom. The molecule has 1 aromatic rings. The quantitative estimate of drug-likeness (QED) is 0.913. The Morgan fingerprint density at radius 2 is 2.17 bits per heavy atom. The van der Waals surface area contributed by atoms with Crippen molar-refractivity contribution in [2.24, 2.45) is 0 Å². The maximum atomic E-state index is 10.1. The second-order valence-electron chi connectivity index (χ2n) is 7.24. The molecule has 1 aliphatic carbocycles. The largest absolute Gasteiger partial charge is 0.393 e. The third-order valence-electron chi connectivity index (χ3n) is 5.95. The van der Waals surface area contributed by atoms with Crippen LogP contribution in [0.1, 0.15) is 43.4 Å². The second kappa shape index (κ2) is 6.31. The van der Waals surface area contributed by atoms with Gasteiger partial charge in [0.2, 0.25) is 0 Å². The zero-order chi connectivity index (χ0) is 15.9. The van der Waals surface area contributed by atoms with Crippen LogP contribution in [0.3, 0.4) is 0 Å². The molecular formula is C17H27N3O2S. The molecule has 23 heavy (non-hydrogen) atoms. The summed E-state index contributed by atoms with van der Waals surface area (Å²) in [5.41, 5.74) is -0.0400. The van der Waals surface area contributed by atoms with Gasteiger partial charge in [0.1, 0.15) is 0 Å². The smallest absolute Gasteiger partial charge is 0.185 e. The number of methoxy groups -OCH3 is 1. The van der Waals surface area contributed by atoms with Crippen molar-refractivity contribution in [3.05, 3.63) is 11.1 Å². The summed E-state index contributed by atoms with van der Waals surface area (Å²) in [6.45, 7) is 4.30. The van der Waals surface area contributed by atoms with Crippen molar-refractivity contribution in [2.75, 3.05) is 31.6 Å². The fourth-order valence-electron chi connectivity index (χ4n) is 4.58. The van der Waals surface area contributed by atoms with Crippen molar-refractivity contribution >= 4 is 16.5 Å². The van der Waals surface area contributed by atoms with Crippen LogP contribution in [0.2, 0.25) is 0 Å². The number of hydrogen-bond acceptors (Lipinski definition) is 6. The number of aromatic nitrogens is 1. The molecule has 3 atom stereocenters. The summed E-state index contributed by atoms with van der Waals surface area (Å²) < 4.78 is 5.93. The average molecular weight is 337 g/mol. The molecule has 0 bridgehead atoms. The van der Waals surface area contributed by atoms with Gasteiger partial charge in [-0.15, -0.1) is 11.3 Å². The summed E-state index contributed by atoms with van der Waals surface area (Å²) in [6.07, 6.45) is 8.22. The number of ether oxygens (including phenoxy) is 1. The Labute approximate surface area is 142 Å². The lowest BCUT2D eigenvalue weighted by atomic mass is 9.79. The number of aliphatic hydroxyl groups excluding tert-OH is 1. The molecule has 6 heteroatoms. The maximum absolute atomic E-state index is 10.1. The van der Waals surface area contributed by atoms with Crippen molar-refractivity contribution < 1.29 is 9.84 Å². The van der Waals surface area contributed by atoms with E-state index in [1.165, 1.54) is 22.9 Å². The fraction of sp³-hybridized carbons (Fsp3) is 0.824. The van der Waals surface area contributed by atoms with Crippen LogP contribution in [0.4, 0.5) is 5.13 Å². The third-order valence-corrected chi connectivity index (χ3v) is 6.99. The number of hydrogen-bond donors (Lipinski definition) is 1. The highest BCUT2D eigenvalue weighted by atomic mass is 32.1. The van der Waals surface area contributed by atoms with E-state index in [4.69, 9.17) is 4.74 Å². The van der Waals surface area contributed by atoms with Crippen molar-refractivity contribution in [3.63, 3.8) is 0 Å². The summed E-state index contributed by atoms with van der Waals surface area (Å²) in [7, 11) is 1.84. The van der Waals surface area contributed by atoms with Crippen LogP contribution in [0, 0.1) is 0 Å². The molecule has 128 valence electrons. The van der Waals surface area contributed by atoms with E-state index >= 15 is 0 Å². The molecule has 1 N–H and O–H groups in total. The first-order valence-electron chi connectivity index (χ1n) is 8.87. The molecule has 0 spiro atoms.